The van der Waals surface area contributed by atoms with Crippen molar-refractivity contribution in [1.82, 2.24) is 4.98 Å². The molecule has 94 valence electrons. The van der Waals surface area contributed by atoms with Gasteiger partial charge in [0.15, 0.2) is 11.4 Å². The van der Waals surface area contributed by atoms with Crippen LogP contribution in [0.3, 0.4) is 0 Å². The van der Waals surface area contributed by atoms with E-state index in [9.17, 15) is 9.90 Å². The lowest BCUT2D eigenvalue weighted by molar-refractivity contribution is -0.112. The van der Waals surface area contributed by atoms with Crippen molar-refractivity contribution in [3.8, 4) is 0 Å². The summed E-state index contributed by atoms with van der Waals surface area (Å²) in [6.45, 7) is 6.79. The first-order valence-corrected chi connectivity index (χ1v) is 5.69. The molecule has 0 saturated carbocycles. The summed E-state index contributed by atoms with van der Waals surface area (Å²) in [5.74, 6) is -0.181. The average molecular weight is 245 g/mol. The highest BCUT2D eigenvalue weighted by Gasteiger charge is 2.18. The molecule has 1 heterocycles. The predicted molar refractivity (Wildman–Crippen MR) is 69.4 cm³/mol. The van der Waals surface area contributed by atoms with E-state index in [0.29, 0.717) is 11.1 Å². The molecule has 4 nitrogen and oxygen atoms in total. The highest BCUT2D eigenvalue weighted by molar-refractivity contribution is 6.19. The van der Waals surface area contributed by atoms with Gasteiger partial charge in [-0.2, -0.15) is 0 Å². The minimum absolute atomic E-state index is 0.0810. The number of hydrogen-bond acceptors (Lipinski definition) is 4. The molecule has 0 saturated heterocycles. The van der Waals surface area contributed by atoms with Crippen LogP contribution >= 0.6 is 0 Å². The third kappa shape index (κ3) is 2.01. The van der Waals surface area contributed by atoms with Gasteiger partial charge in [-0.15, -0.1) is 0 Å². The van der Waals surface area contributed by atoms with Crippen LogP contribution in [0.25, 0.3) is 16.7 Å². The van der Waals surface area contributed by atoms with E-state index >= 15 is 0 Å². The first kappa shape index (κ1) is 12.4. The zero-order valence-corrected chi connectivity index (χ0v) is 10.9. The van der Waals surface area contributed by atoms with Gasteiger partial charge < -0.3 is 9.52 Å². The lowest BCUT2D eigenvalue weighted by atomic mass is 10.1. The highest BCUT2D eigenvalue weighted by atomic mass is 16.4. The van der Waals surface area contributed by atoms with Gasteiger partial charge in [0, 0.05) is 0 Å². The molecule has 0 fully saturated rings. The fraction of sp³-hybridized carbons (Fsp3) is 0.286. The molecular formula is C14H15NO3. The van der Waals surface area contributed by atoms with E-state index in [1.807, 2.05) is 26.0 Å². The van der Waals surface area contributed by atoms with Gasteiger partial charge in [0.2, 0.25) is 5.89 Å². The Kier molecular flexibility index (Phi) is 2.95. The number of aliphatic hydroxyl groups is 1. The smallest absolute Gasteiger partial charge is 0.234 e. The Morgan fingerprint density at radius 2 is 1.83 bits per heavy atom. The van der Waals surface area contributed by atoms with Crippen LogP contribution in [-0.2, 0) is 4.79 Å². The summed E-state index contributed by atoms with van der Waals surface area (Å²) in [6, 6.07) is 3.79. The molecule has 0 atom stereocenters. The van der Waals surface area contributed by atoms with Crippen molar-refractivity contribution >= 4 is 22.5 Å². The molecule has 0 amide bonds. The lowest BCUT2D eigenvalue weighted by Gasteiger charge is -1.98. The molecule has 0 spiro atoms. The number of aryl methyl sites for hydroxylation is 2. The van der Waals surface area contributed by atoms with Crippen LogP contribution < -0.4 is 0 Å². The lowest BCUT2D eigenvalue weighted by Crippen LogP contribution is -1.99. The fourth-order valence-corrected chi connectivity index (χ4v) is 1.85. The Morgan fingerprint density at radius 3 is 2.39 bits per heavy atom. The third-order valence-corrected chi connectivity index (χ3v) is 2.93. The quantitative estimate of drug-likeness (QED) is 0.651. The van der Waals surface area contributed by atoms with Crippen molar-refractivity contribution in [2.75, 3.05) is 0 Å². The maximum absolute atomic E-state index is 11.5. The Hall–Kier alpha value is -2.10. The topological polar surface area (TPSA) is 63.3 Å². The largest absolute Gasteiger partial charge is 0.512 e. The normalized spacial score (nSPS) is 12.7. The number of Topliss-reactive ketones (excluding diaryl/α,β-unsaturated/α-hetero) is 1. The molecule has 0 radical (unpaired) electrons. The van der Waals surface area contributed by atoms with Gasteiger partial charge in [-0.3, -0.25) is 4.79 Å². The van der Waals surface area contributed by atoms with Crippen LogP contribution in [0.5, 0.6) is 0 Å². The molecule has 1 aromatic carbocycles. The predicted octanol–water partition coefficient (Wildman–Crippen LogP) is 3.32. The van der Waals surface area contributed by atoms with Crippen LogP contribution in [0, 0.1) is 13.8 Å². The summed E-state index contributed by atoms with van der Waals surface area (Å²) in [5.41, 5.74) is 3.64. The first-order valence-electron chi connectivity index (χ1n) is 5.69. The second kappa shape index (κ2) is 4.29. The number of allylic oxidation sites excluding steroid dienone is 2. The van der Waals surface area contributed by atoms with Gasteiger partial charge in [0.25, 0.3) is 0 Å². The molecule has 2 rings (SSSR count). The van der Waals surface area contributed by atoms with Crippen LogP contribution in [-0.4, -0.2) is 15.9 Å². The van der Waals surface area contributed by atoms with E-state index in [2.05, 4.69) is 4.98 Å². The number of aromatic nitrogens is 1. The zero-order valence-electron chi connectivity index (χ0n) is 10.9. The maximum Gasteiger partial charge on any atom is 0.234 e. The Bertz CT molecular complexity index is 622. The van der Waals surface area contributed by atoms with E-state index < -0.39 is 0 Å². The zero-order chi connectivity index (χ0) is 13.4. The van der Waals surface area contributed by atoms with Gasteiger partial charge in [0.1, 0.15) is 16.8 Å². The van der Waals surface area contributed by atoms with Crippen LogP contribution in [0.15, 0.2) is 22.3 Å². The highest BCUT2D eigenvalue weighted by Crippen LogP contribution is 2.25. The second-order valence-corrected chi connectivity index (χ2v) is 4.44. The summed E-state index contributed by atoms with van der Waals surface area (Å²) in [5, 5.41) is 9.53. The number of carbonyl (C=O) groups excluding carboxylic acids is 1. The molecule has 2 aromatic rings. The molecule has 0 unspecified atom stereocenters. The van der Waals surface area contributed by atoms with Crippen molar-refractivity contribution in [3.63, 3.8) is 0 Å². The molecule has 0 aliphatic carbocycles. The molecule has 0 aliphatic heterocycles. The van der Waals surface area contributed by atoms with Gasteiger partial charge in [-0.25, -0.2) is 4.98 Å². The number of nitrogens with zero attached hydrogens (tertiary/aromatic N) is 1. The molecule has 1 N–H and O–H groups in total. The number of carbonyl (C=O) groups is 1. The van der Waals surface area contributed by atoms with Crippen molar-refractivity contribution in [3.05, 3.63) is 34.9 Å². The second-order valence-electron chi connectivity index (χ2n) is 4.44. The van der Waals surface area contributed by atoms with Crippen molar-refractivity contribution < 1.29 is 14.3 Å². The number of hydrogen-bond donors (Lipinski definition) is 1. The molecule has 4 heteroatoms. The molecule has 18 heavy (non-hydrogen) atoms. The summed E-state index contributed by atoms with van der Waals surface area (Å²) in [7, 11) is 0. The monoisotopic (exact) mass is 245 g/mol. The van der Waals surface area contributed by atoms with Gasteiger partial charge in [0.05, 0.1) is 0 Å². The Balaban J connectivity index is 2.67. The third-order valence-electron chi connectivity index (χ3n) is 2.93. The molecule has 0 aliphatic rings. The summed E-state index contributed by atoms with van der Waals surface area (Å²) < 4.78 is 5.54. The average Bonchev–Trinajstić information content (AvgIpc) is 2.59. The Labute approximate surface area is 105 Å². The van der Waals surface area contributed by atoms with Gasteiger partial charge in [-0.05, 0) is 51.0 Å². The fourth-order valence-electron chi connectivity index (χ4n) is 1.85. The van der Waals surface area contributed by atoms with Crippen LogP contribution in [0.2, 0.25) is 0 Å². The minimum Gasteiger partial charge on any atom is -0.512 e. The van der Waals surface area contributed by atoms with E-state index in [1.165, 1.54) is 13.8 Å². The minimum atomic E-state index is -0.269. The number of fused-ring (bicyclic) bond motifs is 1. The molecular weight excluding hydrogens is 230 g/mol. The van der Waals surface area contributed by atoms with Crippen LogP contribution in [0.4, 0.5) is 0 Å². The summed E-state index contributed by atoms with van der Waals surface area (Å²) >= 11 is 0. The van der Waals surface area contributed by atoms with E-state index in [4.69, 9.17) is 4.42 Å². The standard InChI is InChI=1S/C14H15NO3/c1-7-5-11-12(6-8(7)2)18-14(15-11)13(9(3)16)10(4)17/h5-6,16H,1-4H3/b13-9+. The number of ketones is 1. The van der Waals surface area contributed by atoms with Crippen molar-refractivity contribution in [2.45, 2.75) is 27.7 Å². The number of rotatable bonds is 2. The summed E-state index contributed by atoms with van der Waals surface area (Å²) in [6.07, 6.45) is 0. The molecule has 1 aromatic heterocycles. The van der Waals surface area contributed by atoms with Crippen molar-refractivity contribution in [1.29, 1.82) is 0 Å². The number of benzene rings is 1. The number of aliphatic hydroxyl groups excluding tert-OH is 1. The van der Waals surface area contributed by atoms with Gasteiger partial charge >= 0.3 is 0 Å². The van der Waals surface area contributed by atoms with Gasteiger partial charge in [-0.1, -0.05) is 0 Å². The van der Waals surface area contributed by atoms with Crippen molar-refractivity contribution in [2.24, 2.45) is 0 Å². The maximum atomic E-state index is 11.5. The SMILES string of the molecule is CC(=O)/C(=C(/C)O)c1nc2cc(C)c(C)cc2o1. The summed E-state index contributed by atoms with van der Waals surface area (Å²) in [4.78, 5) is 15.7. The van der Waals surface area contributed by atoms with E-state index in [-0.39, 0.29) is 23.0 Å². The first-order chi connectivity index (χ1) is 8.40. The van der Waals surface area contributed by atoms with E-state index in [0.717, 1.165) is 11.1 Å². The Morgan fingerprint density at radius 1 is 1.22 bits per heavy atom. The molecule has 0 bridgehead atoms. The number of oxazole rings is 1. The van der Waals surface area contributed by atoms with E-state index in [1.54, 1.807) is 0 Å². The van der Waals surface area contributed by atoms with Crippen LogP contribution in [0.1, 0.15) is 30.9 Å².